The van der Waals surface area contributed by atoms with E-state index in [4.69, 9.17) is 4.74 Å². The first-order valence-electron chi connectivity index (χ1n) is 4.95. The zero-order valence-corrected chi connectivity index (χ0v) is 8.60. The molecule has 0 spiro atoms. The summed E-state index contributed by atoms with van der Waals surface area (Å²) in [6.07, 6.45) is 0.655. The average Bonchev–Trinajstić information content (AvgIpc) is 2.24. The fourth-order valence-corrected chi connectivity index (χ4v) is 2.16. The van der Waals surface area contributed by atoms with Crippen molar-refractivity contribution in [1.82, 2.24) is 0 Å². The Morgan fingerprint density at radius 1 is 1.47 bits per heavy atom. The largest absolute Gasteiger partial charge is 0.496 e. The Bertz CT molecular complexity index is 402. The highest BCUT2D eigenvalue weighted by atomic mass is 16.5. The molecule has 2 rings (SSSR count). The number of methoxy groups -OCH3 is 1. The monoisotopic (exact) mass is 203 g/mol. The molecule has 1 fully saturated rings. The van der Waals surface area contributed by atoms with Crippen LogP contribution in [0.5, 0.6) is 5.75 Å². The Morgan fingerprint density at radius 3 is 2.67 bits per heavy atom. The second-order valence-electron chi connectivity index (χ2n) is 3.96. The van der Waals surface area contributed by atoms with Crippen molar-refractivity contribution in [2.45, 2.75) is 24.4 Å². The molecular weight excluding hydrogens is 190 g/mol. The fourth-order valence-electron chi connectivity index (χ4n) is 2.16. The predicted molar refractivity (Wildman–Crippen MR) is 55.5 cm³/mol. The number of aliphatic hydroxyl groups excluding tert-OH is 1. The topological polar surface area (TPSA) is 53.2 Å². The first-order chi connectivity index (χ1) is 7.22. The highest BCUT2D eigenvalue weighted by Crippen LogP contribution is 2.46. The van der Waals surface area contributed by atoms with Crippen molar-refractivity contribution in [2.75, 3.05) is 7.11 Å². The first-order valence-corrected chi connectivity index (χ1v) is 4.95. The van der Waals surface area contributed by atoms with E-state index in [0.717, 1.165) is 11.3 Å². The van der Waals surface area contributed by atoms with Gasteiger partial charge in [0.05, 0.1) is 24.7 Å². The summed E-state index contributed by atoms with van der Waals surface area (Å²) in [6.45, 7) is 0. The molecular formula is C12H13NO2. The van der Waals surface area contributed by atoms with Gasteiger partial charge >= 0.3 is 0 Å². The van der Waals surface area contributed by atoms with Gasteiger partial charge in [0.2, 0.25) is 0 Å². The third-order valence-electron chi connectivity index (χ3n) is 3.00. The molecule has 1 saturated carbocycles. The predicted octanol–water partition coefficient (Wildman–Crippen LogP) is 1.61. The molecule has 1 N–H and O–H groups in total. The number of nitrogens with zero attached hydrogens (tertiary/aromatic N) is 1. The van der Waals surface area contributed by atoms with Crippen LogP contribution >= 0.6 is 0 Å². The van der Waals surface area contributed by atoms with Crippen molar-refractivity contribution < 1.29 is 9.84 Å². The Kier molecular flexibility index (Phi) is 2.37. The highest BCUT2D eigenvalue weighted by molar-refractivity contribution is 5.46. The average molecular weight is 203 g/mol. The van der Waals surface area contributed by atoms with Crippen molar-refractivity contribution >= 4 is 0 Å². The summed E-state index contributed by atoms with van der Waals surface area (Å²) in [5.41, 5.74) is 0.340. The fraction of sp³-hybridized carbons (Fsp3) is 0.417. The zero-order valence-electron chi connectivity index (χ0n) is 8.60. The molecule has 1 aliphatic carbocycles. The summed E-state index contributed by atoms with van der Waals surface area (Å²) >= 11 is 0. The summed E-state index contributed by atoms with van der Waals surface area (Å²) < 4.78 is 5.23. The van der Waals surface area contributed by atoms with Crippen LogP contribution in [-0.2, 0) is 5.41 Å². The molecule has 1 aliphatic rings. The summed E-state index contributed by atoms with van der Waals surface area (Å²) in [5, 5.41) is 18.6. The normalized spacial score (nSPS) is 29.0. The van der Waals surface area contributed by atoms with Gasteiger partial charge in [-0.1, -0.05) is 18.2 Å². The molecule has 3 heteroatoms. The van der Waals surface area contributed by atoms with Crippen LogP contribution in [-0.4, -0.2) is 18.3 Å². The van der Waals surface area contributed by atoms with Gasteiger partial charge in [-0.15, -0.1) is 0 Å². The van der Waals surface area contributed by atoms with Crippen LogP contribution in [0.2, 0.25) is 0 Å². The Balaban J connectivity index is 2.41. The SMILES string of the molecule is COc1ccccc1[C@]1(C#N)C[C@H](O)C1. The minimum atomic E-state index is -0.550. The van der Waals surface area contributed by atoms with Gasteiger partial charge < -0.3 is 9.84 Å². The molecule has 1 aromatic carbocycles. The van der Waals surface area contributed by atoms with Crippen LogP contribution in [0.1, 0.15) is 18.4 Å². The number of para-hydroxylation sites is 1. The number of ether oxygens (including phenoxy) is 1. The second kappa shape index (κ2) is 3.56. The van der Waals surface area contributed by atoms with E-state index in [0.29, 0.717) is 12.8 Å². The highest BCUT2D eigenvalue weighted by Gasteiger charge is 2.46. The Morgan fingerprint density at radius 2 is 2.13 bits per heavy atom. The number of rotatable bonds is 2. The van der Waals surface area contributed by atoms with Crippen LogP contribution in [0.3, 0.4) is 0 Å². The maximum atomic E-state index is 9.35. The Hall–Kier alpha value is -1.53. The third kappa shape index (κ3) is 1.47. The molecule has 15 heavy (non-hydrogen) atoms. The van der Waals surface area contributed by atoms with Gasteiger partial charge in [0.1, 0.15) is 5.75 Å². The maximum absolute atomic E-state index is 9.35. The van der Waals surface area contributed by atoms with Crippen molar-refractivity contribution in [3.8, 4) is 11.8 Å². The molecule has 78 valence electrons. The van der Waals surface area contributed by atoms with E-state index in [1.807, 2.05) is 24.3 Å². The van der Waals surface area contributed by atoms with E-state index < -0.39 is 5.41 Å². The second-order valence-corrected chi connectivity index (χ2v) is 3.96. The van der Waals surface area contributed by atoms with Crippen LogP contribution in [0.4, 0.5) is 0 Å². The van der Waals surface area contributed by atoms with E-state index in [2.05, 4.69) is 6.07 Å². The molecule has 0 aromatic heterocycles. The van der Waals surface area contributed by atoms with Crippen LogP contribution in [0.25, 0.3) is 0 Å². The summed E-state index contributed by atoms with van der Waals surface area (Å²) in [7, 11) is 1.60. The smallest absolute Gasteiger partial charge is 0.123 e. The molecule has 1 aromatic rings. The summed E-state index contributed by atoms with van der Waals surface area (Å²) in [4.78, 5) is 0. The standard InChI is InChI=1S/C12H13NO2/c1-15-11-5-3-2-4-10(11)12(8-13)6-9(14)7-12/h2-5,9,14H,6-7H2,1H3/t9-,12+. The van der Waals surface area contributed by atoms with Crippen molar-refractivity contribution in [1.29, 1.82) is 5.26 Å². The van der Waals surface area contributed by atoms with Crippen molar-refractivity contribution in [3.63, 3.8) is 0 Å². The van der Waals surface area contributed by atoms with Crippen molar-refractivity contribution in [3.05, 3.63) is 29.8 Å². The van der Waals surface area contributed by atoms with E-state index in [1.54, 1.807) is 7.11 Å². The van der Waals surface area contributed by atoms with Gasteiger partial charge in [-0.05, 0) is 18.9 Å². The first kappa shape index (κ1) is 10.0. The van der Waals surface area contributed by atoms with Gasteiger partial charge in [-0.25, -0.2) is 0 Å². The lowest BCUT2D eigenvalue weighted by atomic mass is 9.63. The molecule has 0 amide bonds. The number of nitriles is 1. The lowest BCUT2D eigenvalue weighted by Crippen LogP contribution is -2.43. The number of hydrogen-bond donors (Lipinski definition) is 1. The van der Waals surface area contributed by atoms with E-state index in [9.17, 15) is 10.4 Å². The minimum Gasteiger partial charge on any atom is -0.496 e. The van der Waals surface area contributed by atoms with Gasteiger partial charge in [0.15, 0.2) is 0 Å². The van der Waals surface area contributed by atoms with E-state index in [1.165, 1.54) is 0 Å². The van der Waals surface area contributed by atoms with Gasteiger partial charge in [-0.3, -0.25) is 0 Å². The molecule has 0 saturated heterocycles. The molecule has 0 atom stereocenters. The van der Waals surface area contributed by atoms with Crippen LogP contribution < -0.4 is 4.74 Å². The lowest BCUT2D eigenvalue weighted by Gasteiger charge is -2.40. The van der Waals surface area contributed by atoms with Crippen LogP contribution in [0.15, 0.2) is 24.3 Å². The molecule has 0 aliphatic heterocycles. The minimum absolute atomic E-state index is 0.352. The zero-order chi connectivity index (χ0) is 10.9. The number of hydrogen-bond acceptors (Lipinski definition) is 3. The van der Waals surface area contributed by atoms with Gasteiger partial charge in [-0.2, -0.15) is 5.26 Å². The number of aliphatic hydroxyl groups is 1. The van der Waals surface area contributed by atoms with Gasteiger partial charge in [0, 0.05) is 5.56 Å². The quantitative estimate of drug-likeness (QED) is 0.794. The van der Waals surface area contributed by atoms with E-state index >= 15 is 0 Å². The molecule has 0 bridgehead atoms. The lowest BCUT2D eigenvalue weighted by molar-refractivity contribution is 0.0437. The summed E-state index contributed by atoms with van der Waals surface area (Å²) in [5.74, 6) is 0.728. The van der Waals surface area contributed by atoms with Crippen molar-refractivity contribution in [2.24, 2.45) is 0 Å². The summed E-state index contributed by atoms with van der Waals surface area (Å²) in [6, 6.07) is 9.81. The number of benzene rings is 1. The van der Waals surface area contributed by atoms with Crippen LogP contribution in [0, 0.1) is 11.3 Å². The molecule has 0 heterocycles. The molecule has 3 nitrogen and oxygen atoms in total. The maximum Gasteiger partial charge on any atom is 0.123 e. The molecule has 0 radical (unpaired) electrons. The van der Waals surface area contributed by atoms with E-state index in [-0.39, 0.29) is 6.10 Å². The Labute approximate surface area is 88.9 Å². The molecule has 0 unspecified atom stereocenters. The third-order valence-corrected chi connectivity index (χ3v) is 3.00. The van der Waals surface area contributed by atoms with Gasteiger partial charge in [0.25, 0.3) is 0 Å².